The second-order valence-electron chi connectivity index (χ2n) is 6.47. The number of likely N-dealkylation sites (N-methyl/N-ethyl adjacent to an activating group) is 1. The summed E-state index contributed by atoms with van der Waals surface area (Å²) in [5.74, 6) is -0.312. The number of aryl methyl sites for hydroxylation is 2. The highest BCUT2D eigenvalue weighted by Crippen LogP contribution is 2.21. The number of carbonyl (C=O) groups is 1. The summed E-state index contributed by atoms with van der Waals surface area (Å²) in [4.78, 5) is 12.7. The van der Waals surface area contributed by atoms with Crippen LogP contribution in [-0.2, 0) is 21.2 Å². The summed E-state index contributed by atoms with van der Waals surface area (Å²) in [5.41, 5.74) is 3.09. The molecule has 2 aromatic rings. The van der Waals surface area contributed by atoms with Crippen LogP contribution in [0.25, 0.3) is 0 Å². The summed E-state index contributed by atoms with van der Waals surface area (Å²) in [6.45, 7) is 2.54. The number of sulfonamides is 1. The number of benzene rings is 2. The maximum absolute atomic E-state index is 12.7. The molecular formula is C20H26N2O3S. The molecule has 0 saturated heterocycles. The maximum atomic E-state index is 12.7. The lowest BCUT2D eigenvalue weighted by molar-refractivity contribution is -0.124. The SMILES string of the molecule is Cc1ccc(CCCNC(=O)[C@H](c2ccccc2)N(C)S(C)(=O)=O)cc1. The molecule has 0 spiro atoms. The van der Waals surface area contributed by atoms with E-state index in [2.05, 4.69) is 29.6 Å². The Bertz CT molecular complexity index is 818. The van der Waals surface area contributed by atoms with E-state index >= 15 is 0 Å². The highest BCUT2D eigenvalue weighted by Gasteiger charge is 2.30. The molecule has 1 atom stereocenters. The highest BCUT2D eigenvalue weighted by molar-refractivity contribution is 7.88. The summed E-state index contributed by atoms with van der Waals surface area (Å²) < 4.78 is 25.0. The third kappa shape index (κ3) is 5.68. The average Bonchev–Trinajstić information content (AvgIpc) is 2.60. The van der Waals surface area contributed by atoms with Gasteiger partial charge in [-0.05, 0) is 30.9 Å². The van der Waals surface area contributed by atoms with Crippen LogP contribution >= 0.6 is 0 Å². The second-order valence-corrected chi connectivity index (χ2v) is 8.51. The van der Waals surface area contributed by atoms with Gasteiger partial charge in [0.2, 0.25) is 15.9 Å². The van der Waals surface area contributed by atoms with Gasteiger partial charge >= 0.3 is 0 Å². The first-order valence-corrected chi connectivity index (χ1v) is 10.4. The van der Waals surface area contributed by atoms with Crippen molar-refractivity contribution in [2.45, 2.75) is 25.8 Å². The van der Waals surface area contributed by atoms with Crippen molar-refractivity contribution in [1.29, 1.82) is 0 Å². The normalized spacial score (nSPS) is 12.8. The lowest BCUT2D eigenvalue weighted by Gasteiger charge is -2.25. The summed E-state index contributed by atoms with van der Waals surface area (Å²) >= 11 is 0. The van der Waals surface area contributed by atoms with E-state index in [1.54, 1.807) is 24.3 Å². The van der Waals surface area contributed by atoms with Crippen molar-refractivity contribution in [3.8, 4) is 0 Å². The number of nitrogens with one attached hydrogen (secondary N) is 1. The Labute approximate surface area is 156 Å². The van der Waals surface area contributed by atoms with Crippen LogP contribution in [0.3, 0.4) is 0 Å². The topological polar surface area (TPSA) is 66.5 Å². The van der Waals surface area contributed by atoms with Crippen LogP contribution < -0.4 is 5.32 Å². The molecule has 6 heteroatoms. The highest BCUT2D eigenvalue weighted by atomic mass is 32.2. The number of nitrogens with zero attached hydrogens (tertiary/aromatic N) is 1. The summed E-state index contributed by atoms with van der Waals surface area (Å²) in [6.07, 6.45) is 2.75. The largest absolute Gasteiger partial charge is 0.354 e. The summed E-state index contributed by atoms with van der Waals surface area (Å²) in [7, 11) is -2.07. The van der Waals surface area contributed by atoms with E-state index in [1.165, 1.54) is 18.2 Å². The van der Waals surface area contributed by atoms with Crippen molar-refractivity contribution >= 4 is 15.9 Å². The molecule has 0 aliphatic carbocycles. The predicted molar refractivity (Wildman–Crippen MR) is 104 cm³/mol. The van der Waals surface area contributed by atoms with Gasteiger partial charge in [-0.3, -0.25) is 4.79 Å². The quantitative estimate of drug-likeness (QED) is 0.723. The fourth-order valence-corrected chi connectivity index (χ4v) is 3.31. The zero-order chi connectivity index (χ0) is 19.2. The first kappa shape index (κ1) is 20.1. The lowest BCUT2D eigenvalue weighted by atomic mass is 10.1. The number of amides is 1. The molecule has 0 unspecified atom stereocenters. The zero-order valence-electron chi connectivity index (χ0n) is 15.5. The van der Waals surface area contributed by atoms with Crippen LogP contribution in [0, 0.1) is 6.92 Å². The van der Waals surface area contributed by atoms with Gasteiger partial charge in [0.25, 0.3) is 0 Å². The van der Waals surface area contributed by atoms with Gasteiger partial charge in [0, 0.05) is 13.6 Å². The number of hydrogen-bond acceptors (Lipinski definition) is 3. The Hall–Kier alpha value is -2.18. The molecule has 0 bridgehead atoms. The number of rotatable bonds is 8. The van der Waals surface area contributed by atoms with Gasteiger partial charge in [-0.15, -0.1) is 0 Å². The molecule has 140 valence electrons. The van der Waals surface area contributed by atoms with Gasteiger partial charge in [-0.1, -0.05) is 60.2 Å². The monoisotopic (exact) mass is 374 g/mol. The molecular weight excluding hydrogens is 348 g/mol. The minimum atomic E-state index is -3.50. The number of carbonyl (C=O) groups excluding carboxylic acids is 1. The van der Waals surface area contributed by atoms with E-state index in [4.69, 9.17) is 0 Å². The van der Waals surface area contributed by atoms with Crippen LogP contribution in [-0.4, -0.2) is 38.5 Å². The average molecular weight is 375 g/mol. The van der Waals surface area contributed by atoms with Gasteiger partial charge in [-0.25, -0.2) is 8.42 Å². The van der Waals surface area contributed by atoms with Gasteiger partial charge in [-0.2, -0.15) is 4.31 Å². The van der Waals surface area contributed by atoms with Crippen molar-refractivity contribution in [1.82, 2.24) is 9.62 Å². The van der Waals surface area contributed by atoms with Crippen LogP contribution in [0.1, 0.15) is 29.2 Å². The fraction of sp³-hybridized carbons (Fsp3) is 0.350. The minimum absolute atomic E-state index is 0.312. The van der Waals surface area contributed by atoms with Crippen molar-refractivity contribution in [2.24, 2.45) is 0 Å². The van der Waals surface area contributed by atoms with E-state index in [-0.39, 0.29) is 5.91 Å². The summed E-state index contributed by atoms with van der Waals surface area (Å²) in [5, 5.41) is 2.87. The molecule has 0 aromatic heterocycles. The molecule has 26 heavy (non-hydrogen) atoms. The summed E-state index contributed by atoms with van der Waals surface area (Å²) in [6, 6.07) is 16.4. The predicted octanol–water partition coefficient (Wildman–Crippen LogP) is 2.68. The van der Waals surface area contributed by atoms with Crippen LogP contribution in [0.4, 0.5) is 0 Å². The Morgan fingerprint density at radius 1 is 1.08 bits per heavy atom. The third-order valence-corrected chi connectivity index (χ3v) is 5.57. The molecule has 0 aliphatic rings. The molecule has 5 nitrogen and oxygen atoms in total. The minimum Gasteiger partial charge on any atom is -0.354 e. The molecule has 0 fully saturated rings. The molecule has 2 rings (SSSR count). The van der Waals surface area contributed by atoms with E-state index in [1.807, 2.05) is 13.0 Å². The van der Waals surface area contributed by atoms with E-state index in [0.29, 0.717) is 12.1 Å². The van der Waals surface area contributed by atoms with Crippen LogP contribution in [0.5, 0.6) is 0 Å². The maximum Gasteiger partial charge on any atom is 0.242 e. The molecule has 1 N–H and O–H groups in total. The third-order valence-electron chi connectivity index (χ3n) is 4.31. The van der Waals surface area contributed by atoms with Crippen molar-refractivity contribution in [3.63, 3.8) is 0 Å². The van der Waals surface area contributed by atoms with Gasteiger partial charge in [0.15, 0.2) is 0 Å². The molecule has 0 saturated carbocycles. The zero-order valence-corrected chi connectivity index (χ0v) is 16.3. The Morgan fingerprint density at radius 3 is 2.27 bits per heavy atom. The van der Waals surface area contributed by atoms with Crippen molar-refractivity contribution in [3.05, 3.63) is 71.3 Å². The standard InChI is InChI=1S/C20H26N2O3S/c1-16-11-13-17(14-12-16)8-7-15-21-20(23)19(22(2)26(3,24)25)18-9-5-4-6-10-18/h4-6,9-14,19H,7-8,15H2,1-3H3,(H,21,23)/t19-/m0/s1. The Balaban J connectivity index is 1.99. The second kappa shape index (κ2) is 8.96. The fourth-order valence-electron chi connectivity index (χ4n) is 2.71. The van der Waals surface area contributed by atoms with Gasteiger partial charge in [0.1, 0.15) is 6.04 Å². The van der Waals surface area contributed by atoms with E-state index < -0.39 is 16.1 Å². The van der Waals surface area contributed by atoms with Gasteiger partial charge < -0.3 is 5.32 Å². The van der Waals surface area contributed by atoms with Gasteiger partial charge in [0.05, 0.1) is 6.26 Å². The molecule has 0 aliphatic heterocycles. The van der Waals surface area contributed by atoms with Crippen molar-refractivity contribution in [2.75, 3.05) is 19.8 Å². The lowest BCUT2D eigenvalue weighted by Crippen LogP contribution is -2.41. The van der Waals surface area contributed by atoms with Crippen LogP contribution in [0.2, 0.25) is 0 Å². The Kier molecular flexibility index (Phi) is 6.94. The first-order valence-electron chi connectivity index (χ1n) is 8.60. The van der Waals surface area contributed by atoms with Crippen LogP contribution in [0.15, 0.2) is 54.6 Å². The molecule has 2 aromatic carbocycles. The Morgan fingerprint density at radius 2 is 1.69 bits per heavy atom. The first-order chi connectivity index (χ1) is 12.3. The molecule has 0 heterocycles. The molecule has 1 amide bonds. The number of hydrogen-bond donors (Lipinski definition) is 1. The molecule has 0 radical (unpaired) electrons. The van der Waals surface area contributed by atoms with E-state index in [9.17, 15) is 13.2 Å². The van der Waals surface area contributed by atoms with E-state index in [0.717, 1.165) is 23.4 Å². The smallest absolute Gasteiger partial charge is 0.242 e. The van der Waals surface area contributed by atoms with Crippen molar-refractivity contribution < 1.29 is 13.2 Å².